The fraction of sp³-hybridized carbons (Fsp3) is 0.0556. The molecule has 0 aliphatic heterocycles. The van der Waals surface area contributed by atoms with Crippen LogP contribution in [0.4, 0.5) is 11.5 Å². The first-order valence-electron chi connectivity index (χ1n) is 6.66. The number of benzene rings is 2. The highest BCUT2D eigenvalue weighted by atomic mass is 15.0. The zero-order chi connectivity index (χ0) is 13.8. The lowest BCUT2D eigenvalue weighted by atomic mass is 10.1. The summed E-state index contributed by atoms with van der Waals surface area (Å²) in [5.74, 6) is 0.857. The van der Waals surface area contributed by atoms with E-state index in [4.69, 9.17) is 0 Å². The van der Waals surface area contributed by atoms with Crippen molar-refractivity contribution in [3.05, 3.63) is 78.5 Å². The van der Waals surface area contributed by atoms with Crippen molar-refractivity contribution in [1.29, 1.82) is 0 Å². The first-order valence-corrected chi connectivity index (χ1v) is 6.66. The molecule has 0 saturated carbocycles. The second kappa shape index (κ2) is 5.57. The fourth-order valence-electron chi connectivity index (χ4n) is 2.09. The Balaban J connectivity index is 1.86. The number of anilines is 2. The molecule has 0 amide bonds. The standard InChI is InChI=1S/C18H16N2/c1-14-7-9-17(10-8-14)20-18-13-16(11-12-19-18)15-5-3-2-4-6-15/h2-13H,1H3,(H,19,20). The highest BCUT2D eigenvalue weighted by molar-refractivity contribution is 5.68. The molecule has 0 unspecified atom stereocenters. The molecule has 0 fully saturated rings. The molecule has 2 heteroatoms. The van der Waals surface area contributed by atoms with Crippen LogP contribution in [-0.2, 0) is 0 Å². The molecule has 98 valence electrons. The molecule has 0 aliphatic rings. The zero-order valence-corrected chi connectivity index (χ0v) is 11.4. The van der Waals surface area contributed by atoms with E-state index < -0.39 is 0 Å². The molecule has 0 bridgehead atoms. The summed E-state index contributed by atoms with van der Waals surface area (Å²) in [6, 6.07) is 22.7. The summed E-state index contributed by atoms with van der Waals surface area (Å²) in [4.78, 5) is 4.37. The van der Waals surface area contributed by atoms with Gasteiger partial charge >= 0.3 is 0 Å². The summed E-state index contributed by atoms with van der Waals surface area (Å²) in [5, 5.41) is 3.33. The Morgan fingerprint density at radius 2 is 1.55 bits per heavy atom. The van der Waals surface area contributed by atoms with Gasteiger partial charge in [-0.15, -0.1) is 0 Å². The molecular formula is C18H16N2. The number of nitrogens with one attached hydrogen (secondary N) is 1. The maximum absolute atomic E-state index is 4.37. The van der Waals surface area contributed by atoms with Gasteiger partial charge in [-0.05, 0) is 42.3 Å². The highest BCUT2D eigenvalue weighted by Crippen LogP contribution is 2.22. The average Bonchev–Trinajstić information content (AvgIpc) is 2.51. The lowest BCUT2D eigenvalue weighted by molar-refractivity contribution is 1.31. The molecule has 0 aliphatic carbocycles. The predicted molar refractivity (Wildman–Crippen MR) is 84.1 cm³/mol. The molecule has 3 aromatic rings. The number of hydrogen-bond acceptors (Lipinski definition) is 2. The first-order chi connectivity index (χ1) is 9.81. The Labute approximate surface area is 119 Å². The third kappa shape index (κ3) is 2.86. The second-order valence-electron chi connectivity index (χ2n) is 4.79. The van der Waals surface area contributed by atoms with Crippen LogP contribution in [0.3, 0.4) is 0 Å². The van der Waals surface area contributed by atoms with Crippen LogP contribution < -0.4 is 5.32 Å². The number of pyridine rings is 1. The van der Waals surface area contributed by atoms with Gasteiger partial charge in [0.25, 0.3) is 0 Å². The smallest absolute Gasteiger partial charge is 0.130 e. The van der Waals surface area contributed by atoms with E-state index in [1.165, 1.54) is 11.1 Å². The van der Waals surface area contributed by atoms with Gasteiger partial charge in [-0.3, -0.25) is 0 Å². The van der Waals surface area contributed by atoms with E-state index in [9.17, 15) is 0 Å². The summed E-state index contributed by atoms with van der Waals surface area (Å²) in [5.41, 5.74) is 4.66. The van der Waals surface area contributed by atoms with Crippen LogP contribution in [0, 0.1) is 6.92 Å². The molecule has 1 heterocycles. The van der Waals surface area contributed by atoms with Crippen molar-refractivity contribution in [2.75, 3.05) is 5.32 Å². The summed E-state index contributed by atoms with van der Waals surface area (Å²) in [6.07, 6.45) is 1.83. The quantitative estimate of drug-likeness (QED) is 0.731. The van der Waals surface area contributed by atoms with Gasteiger partial charge in [-0.2, -0.15) is 0 Å². The van der Waals surface area contributed by atoms with Crippen molar-refractivity contribution in [3.8, 4) is 11.1 Å². The number of rotatable bonds is 3. The van der Waals surface area contributed by atoms with Crippen molar-refractivity contribution < 1.29 is 0 Å². The molecule has 2 aromatic carbocycles. The molecule has 3 rings (SSSR count). The van der Waals surface area contributed by atoms with Crippen molar-refractivity contribution in [2.45, 2.75) is 6.92 Å². The lowest BCUT2D eigenvalue weighted by Crippen LogP contribution is -1.93. The van der Waals surface area contributed by atoms with Crippen LogP contribution in [0.5, 0.6) is 0 Å². The van der Waals surface area contributed by atoms with Crippen LogP contribution in [0.2, 0.25) is 0 Å². The normalized spacial score (nSPS) is 10.2. The molecule has 0 atom stereocenters. The summed E-state index contributed by atoms with van der Waals surface area (Å²) in [6.45, 7) is 2.08. The predicted octanol–water partition coefficient (Wildman–Crippen LogP) is 4.80. The van der Waals surface area contributed by atoms with Crippen LogP contribution >= 0.6 is 0 Å². The van der Waals surface area contributed by atoms with E-state index >= 15 is 0 Å². The molecule has 0 spiro atoms. The molecule has 20 heavy (non-hydrogen) atoms. The molecule has 2 nitrogen and oxygen atoms in total. The van der Waals surface area contributed by atoms with Crippen molar-refractivity contribution in [2.24, 2.45) is 0 Å². The van der Waals surface area contributed by atoms with E-state index in [1.54, 1.807) is 0 Å². The van der Waals surface area contributed by atoms with Gasteiger partial charge in [-0.25, -0.2) is 4.98 Å². The third-order valence-corrected chi connectivity index (χ3v) is 3.19. The fourth-order valence-corrected chi connectivity index (χ4v) is 2.09. The zero-order valence-electron chi connectivity index (χ0n) is 11.4. The van der Waals surface area contributed by atoms with Crippen molar-refractivity contribution >= 4 is 11.5 Å². The van der Waals surface area contributed by atoms with E-state index in [2.05, 4.69) is 59.7 Å². The molecular weight excluding hydrogens is 244 g/mol. The average molecular weight is 260 g/mol. The first kappa shape index (κ1) is 12.4. The number of aryl methyl sites for hydroxylation is 1. The van der Waals surface area contributed by atoms with E-state index in [-0.39, 0.29) is 0 Å². The number of nitrogens with zero attached hydrogens (tertiary/aromatic N) is 1. The molecule has 1 N–H and O–H groups in total. The Bertz CT molecular complexity index is 688. The maximum Gasteiger partial charge on any atom is 0.130 e. The maximum atomic E-state index is 4.37. The molecule has 0 radical (unpaired) electrons. The van der Waals surface area contributed by atoms with E-state index in [1.807, 2.05) is 30.5 Å². The third-order valence-electron chi connectivity index (χ3n) is 3.19. The van der Waals surface area contributed by atoms with Crippen LogP contribution in [0.25, 0.3) is 11.1 Å². The summed E-state index contributed by atoms with van der Waals surface area (Å²) >= 11 is 0. The van der Waals surface area contributed by atoms with Gasteiger partial charge in [0.1, 0.15) is 5.82 Å². The van der Waals surface area contributed by atoms with E-state index in [0.29, 0.717) is 0 Å². The van der Waals surface area contributed by atoms with Gasteiger partial charge in [0.15, 0.2) is 0 Å². The lowest BCUT2D eigenvalue weighted by Gasteiger charge is -2.08. The summed E-state index contributed by atoms with van der Waals surface area (Å²) in [7, 11) is 0. The Morgan fingerprint density at radius 3 is 2.30 bits per heavy atom. The SMILES string of the molecule is Cc1ccc(Nc2cc(-c3ccccc3)ccn2)cc1. The van der Waals surface area contributed by atoms with Crippen molar-refractivity contribution in [3.63, 3.8) is 0 Å². The van der Waals surface area contributed by atoms with Crippen molar-refractivity contribution in [1.82, 2.24) is 4.98 Å². The topological polar surface area (TPSA) is 24.9 Å². The minimum atomic E-state index is 0.857. The van der Waals surface area contributed by atoms with Gasteiger partial charge in [0.2, 0.25) is 0 Å². The van der Waals surface area contributed by atoms with Gasteiger partial charge in [0, 0.05) is 11.9 Å². The molecule has 0 saturated heterocycles. The van der Waals surface area contributed by atoms with Crippen LogP contribution in [0.1, 0.15) is 5.56 Å². The Hall–Kier alpha value is -2.61. The van der Waals surface area contributed by atoms with Crippen LogP contribution in [0.15, 0.2) is 72.9 Å². The van der Waals surface area contributed by atoms with E-state index in [0.717, 1.165) is 17.1 Å². The highest BCUT2D eigenvalue weighted by Gasteiger charge is 2.00. The number of aromatic nitrogens is 1. The minimum Gasteiger partial charge on any atom is -0.340 e. The summed E-state index contributed by atoms with van der Waals surface area (Å²) < 4.78 is 0. The minimum absolute atomic E-state index is 0.857. The number of hydrogen-bond donors (Lipinski definition) is 1. The Kier molecular flexibility index (Phi) is 3.46. The van der Waals surface area contributed by atoms with Gasteiger partial charge < -0.3 is 5.32 Å². The largest absolute Gasteiger partial charge is 0.340 e. The second-order valence-corrected chi connectivity index (χ2v) is 4.79. The van der Waals surface area contributed by atoms with Gasteiger partial charge in [-0.1, -0.05) is 48.0 Å². The van der Waals surface area contributed by atoms with Crippen LogP contribution in [-0.4, -0.2) is 4.98 Å². The molecule has 1 aromatic heterocycles. The van der Waals surface area contributed by atoms with Gasteiger partial charge in [0.05, 0.1) is 0 Å². The Morgan fingerprint density at radius 1 is 0.800 bits per heavy atom. The monoisotopic (exact) mass is 260 g/mol.